The number of nitrogens with zero attached hydrogens (tertiary/aromatic N) is 1. The van der Waals surface area contributed by atoms with Gasteiger partial charge in [-0.05, 0) is 48.9 Å². The van der Waals surface area contributed by atoms with E-state index < -0.39 is 0 Å². The SMILES string of the molecule is C[C@H](NC(=O)Cn1c2c(c(-c3ccccc3Cl)cc1=O)CCC2)c1ccccc1. The number of amides is 1. The molecule has 4 nitrogen and oxygen atoms in total. The predicted molar refractivity (Wildman–Crippen MR) is 116 cm³/mol. The van der Waals surface area contributed by atoms with E-state index in [2.05, 4.69) is 5.32 Å². The summed E-state index contributed by atoms with van der Waals surface area (Å²) >= 11 is 6.38. The molecule has 148 valence electrons. The van der Waals surface area contributed by atoms with Gasteiger partial charge in [0.05, 0.1) is 6.04 Å². The summed E-state index contributed by atoms with van der Waals surface area (Å²) in [6, 6.07) is 18.9. The zero-order chi connectivity index (χ0) is 20.4. The fraction of sp³-hybridized carbons (Fsp3) is 0.250. The first-order valence-corrected chi connectivity index (χ1v) is 10.3. The highest BCUT2D eigenvalue weighted by molar-refractivity contribution is 6.33. The molecule has 1 aromatic heterocycles. The highest BCUT2D eigenvalue weighted by Gasteiger charge is 2.23. The van der Waals surface area contributed by atoms with E-state index in [0.717, 1.165) is 47.2 Å². The largest absolute Gasteiger partial charge is 0.348 e. The van der Waals surface area contributed by atoms with Gasteiger partial charge in [0.2, 0.25) is 5.91 Å². The molecule has 1 atom stereocenters. The lowest BCUT2D eigenvalue weighted by atomic mass is 9.99. The van der Waals surface area contributed by atoms with Gasteiger partial charge in [-0.2, -0.15) is 0 Å². The Hall–Kier alpha value is -2.85. The second-order valence-corrected chi connectivity index (χ2v) is 7.85. The van der Waals surface area contributed by atoms with Crippen LogP contribution in [-0.4, -0.2) is 10.5 Å². The molecule has 0 unspecified atom stereocenters. The van der Waals surface area contributed by atoms with E-state index in [1.54, 1.807) is 10.6 Å². The molecular weight excluding hydrogens is 384 g/mol. The highest BCUT2D eigenvalue weighted by Crippen LogP contribution is 2.34. The van der Waals surface area contributed by atoms with Crippen LogP contribution in [0.2, 0.25) is 5.02 Å². The van der Waals surface area contributed by atoms with Crippen molar-refractivity contribution in [2.45, 2.75) is 38.8 Å². The Labute approximate surface area is 175 Å². The first-order chi connectivity index (χ1) is 14.0. The van der Waals surface area contributed by atoms with Crippen LogP contribution in [-0.2, 0) is 24.2 Å². The van der Waals surface area contributed by atoms with Crippen molar-refractivity contribution < 1.29 is 4.79 Å². The van der Waals surface area contributed by atoms with Crippen LogP contribution in [0.3, 0.4) is 0 Å². The summed E-state index contributed by atoms with van der Waals surface area (Å²) in [6.07, 6.45) is 2.65. The third-order valence-corrected chi connectivity index (χ3v) is 5.85. The van der Waals surface area contributed by atoms with E-state index in [9.17, 15) is 9.59 Å². The topological polar surface area (TPSA) is 51.1 Å². The first kappa shape index (κ1) is 19.5. The van der Waals surface area contributed by atoms with E-state index >= 15 is 0 Å². The van der Waals surface area contributed by atoms with Crippen molar-refractivity contribution >= 4 is 17.5 Å². The van der Waals surface area contributed by atoms with Gasteiger partial charge in [-0.3, -0.25) is 9.59 Å². The molecule has 0 fully saturated rings. The Bertz CT molecular complexity index is 1110. The molecule has 1 amide bonds. The smallest absolute Gasteiger partial charge is 0.251 e. The van der Waals surface area contributed by atoms with Gasteiger partial charge in [0.1, 0.15) is 6.54 Å². The van der Waals surface area contributed by atoms with E-state index in [1.165, 1.54) is 0 Å². The van der Waals surface area contributed by atoms with Gasteiger partial charge in [0.15, 0.2) is 0 Å². The lowest BCUT2D eigenvalue weighted by Gasteiger charge is -2.18. The van der Waals surface area contributed by atoms with Crippen LogP contribution >= 0.6 is 11.6 Å². The number of hydrogen-bond donors (Lipinski definition) is 1. The summed E-state index contributed by atoms with van der Waals surface area (Å²) in [5, 5.41) is 3.63. The number of aromatic nitrogens is 1. The highest BCUT2D eigenvalue weighted by atomic mass is 35.5. The van der Waals surface area contributed by atoms with Crippen molar-refractivity contribution in [3.8, 4) is 11.1 Å². The molecule has 0 spiro atoms. The monoisotopic (exact) mass is 406 g/mol. The van der Waals surface area contributed by atoms with Crippen LogP contribution in [0.5, 0.6) is 0 Å². The van der Waals surface area contributed by atoms with Gasteiger partial charge in [-0.1, -0.05) is 60.1 Å². The Morgan fingerprint density at radius 2 is 1.79 bits per heavy atom. The third kappa shape index (κ3) is 3.99. The maximum atomic E-state index is 12.9. The van der Waals surface area contributed by atoms with Gasteiger partial charge in [0, 0.05) is 22.3 Å². The molecular formula is C24H23ClN2O2. The van der Waals surface area contributed by atoms with Crippen LogP contribution in [0.1, 0.15) is 36.2 Å². The molecule has 1 aliphatic rings. The molecule has 0 saturated heterocycles. The van der Waals surface area contributed by atoms with Crippen molar-refractivity contribution in [3.05, 3.63) is 92.9 Å². The summed E-state index contributed by atoms with van der Waals surface area (Å²) in [5.74, 6) is -0.164. The zero-order valence-electron chi connectivity index (χ0n) is 16.3. The summed E-state index contributed by atoms with van der Waals surface area (Å²) in [5.41, 5.74) is 4.72. The zero-order valence-corrected chi connectivity index (χ0v) is 17.1. The first-order valence-electron chi connectivity index (χ1n) is 9.89. The van der Waals surface area contributed by atoms with Gasteiger partial charge in [-0.15, -0.1) is 0 Å². The van der Waals surface area contributed by atoms with E-state index in [4.69, 9.17) is 11.6 Å². The summed E-state index contributed by atoms with van der Waals surface area (Å²) in [4.78, 5) is 25.6. The standard InChI is InChI=1S/C24H23ClN2O2/c1-16(17-8-3-2-4-9-17)26-23(28)15-27-22-13-7-11-19(22)20(14-24(27)29)18-10-5-6-12-21(18)25/h2-6,8-10,12,14,16H,7,11,13,15H2,1H3,(H,26,28)/t16-/m0/s1. The second-order valence-electron chi connectivity index (χ2n) is 7.44. The van der Waals surface area contributed by atoms with Crippen molar-refractivity contribution in [1.82, 2.24) is 9.88 Å². The number of benzene rings is 2. The second kappa shape index (κ2) is 8.26. The predicted octanol–water partition coefficient (Wildman–Crippen LogP) is 4.53. The average molecular weight is 407 g/mol. The molecule has 0 bridgehead atoms. The molecule has 0 saturated carbocycles. The average Bonchev–Trinajstić information content (AvgIpc) is 3.21. The summed E-state index contributed by atoms with van der Waals surface area (Å²) in [7, 11) is 0. The number of hydrogen-bond acceptors (Lipinski definition) is 2. The van der Waals surface area contributed by atoms with Gasteiger partial charge in [0.25, 0.3) is 5.56 Å². The number of carbonyl (C=O) groups is 1. The van der Waals surface area contributed by atoms with Crippen LogP contribution in [0, 0.1) is 0 Å². The minimum absolute atomic E-state index is 0.0289. The minimum Gasteiger partial charge on any atom is -0.348 e. The van der Waals surface area contributed by atoms with Crippen molar-refractivity contribution in [2.75, 3.05) is 0 Å². The fourth-order valence-electron chi connectivity index (χ4n) is 4.09. The van der Waals surface area contributed by atoms with Gasteiger partial charge >= 0.3 is 0 Å². The molecule has 0 radical (unpaired) electrons. The van der Waals surface area contributed by atoms with E-state index in [1.807, 2.05) is 61.5 Å². The molecule has 1 N–H and O–H groups in total. The number of halogens is 1. The molecule has 1 aliphatic carbocycles. The number of carbonyl (C=O) groups excluding carboxylic acids is 1. The third-order valence-electron chi connectivity index (χ3n) is 5.52. The molecule has 3 aromatic rings. The maximum absolute atomic E-state index is 12.9. The molecule has 0 aliphatic heterocycles. The Morgan fingerprint density at radius 3 is 2.55 bits per heavy atom. The molecule has 5 heteroatoms. The number of nitrogens with one attached hydrogen (secondary N) is 1. The van der Waals surface area contributed by atoms with Crippen LogP contribution in [0.15, 0.2) is 65.5 Å². The van der Waals surface area contributed by atoms with Crippen LogP contribution in [0.25, 0.3) is 11.1 Å². The van der Waals surface area contributed by atoms with Crippen molar-refractivity contribution in [1.29, 1.82) is 0 Å². The molecule has 4 rings (SSSR count). The van der Waals surface area contributed by atoms with Crippen molar-refractivity contribution in [3.63, 3.8) is 0 Å². The Kier molecular flexibility index (Phi) is 5.54. The summed E-state index contributed by atoms with van der Waals surface area (Å²) in [6.45, 7) is 1.97. The van der Waals surface area contributed by atoms with Crippen LogP contribution in [0.4, 0.5) is 0 Å². The van der Waals surface area contributed by atoms with Gasteiger partial charge in [-0.25, -0.2) is 0 Å². The quantitative estimate of drug-likeness (QED) is 0.676. The lowest BCUT2D eigenvalue weighted by Crippen LogP contribution is -2.35. The summed E-state index contributed by atoms with van der Waals surface area (Å²) < 4.78 is 1.62. The van der Waals surface area contributed by atoms with E-state index in [-0.39, 0.29) is 24.1 Å². The molecule has 2 aromatic carbocycles. The van der Waals surface area contributed by atoms with Crippen LogP contribution < -0.4 is 10.9 Å². The normalized spacial score (nSPS) is 13.7. The minimum atomic E-state index is -0.164. The lowest BCUT2D eigenvalue weighted by molar-refractivity contribution is -0.122. The maximum Gasteiger partial charge on any atom is 0.251 e. The molecule has 29 heavy (non-hydrogen) atoms. The van der Waals surface area contributed by atoms with Gasteiger partial charge < -0.3 is 9.88 Å². The number of fused-ring (bicyclic) bond motifs is 1. The number of pyridine rings is 1. The Morgan fingerprint density at radius 1 is 1.07 bits per heavy atom. The molecule has 1 heterocycles. The van der Waals surface area contributed by atoms with Crippen molar-refractivity contribution in [2.24, 2.45) is 0 Å². The Balaban J connectivity index is 1.62. The fourth-order valence-corrected chi connectivity index (χ4v) is 4.32. The number of rotatable bonds is 5. The van der Waals surface area contributed by atoms with E-state index in [0.29, 0.717) is 5.02 Å².